The molecule has 2 aromatic carbocycles. The predicted octanol–water partition coefficient (Wildman–Crippen LogP) is 2.67. The van der Waals surface area contributed by atoms with Crippen molar-refractivity contribution in [1.82, 2.24) is 14.9 Å². The van der Waals surface area contributed by atoms with Crippen LogP contribution in [-0.2, 0) is 17.9 Å². The van der Waals surface area contributed by atoms with Crippen molar-refractivity contribution in [3.8, 4) is 11.4 Å². The third kappa shape index (κ3) is 3.39. The van der Waals surface area contributed by atoms with Gasteiger partial charge in [0.2, 0.25) is 0 Å². The summed E-state index contributed by atoms with van der Waals surface area (Å²) in [6.45, 7) is 1.17. The number of hydrogen-bond acceptors (Lipinski definition) is 4. The summed E-state index contributed by atoms with van der Waals surface area (Å²) >= 11 is 0. The summed E-state index contributed by atoms with van der Waals surface area (Å²) in [4.78, 5) is 16.5. The van der Waals surface area contributed by atoms with Crippen molar-refractivity contribution < 1.29 is 14.3 Å². The molecule has 0 saturated carbocycles. The lowest BCUT2D eigenvalue weighted by molar-refractivity contribution is -0.0163. The highest BCUT2D eigenvalue weighted by atomic mass is 16.7. The molecule has 0 unspecified atom stereocenters. The largest absolute Gasteiger partial charge is 0.467 e. The van der Waals surface area contributed by atoms with E-state index >= 15 is 0 Å². The molecular formula is C19H17N3O3. The number of aromatic nitrogens is 2. The number of hydrogen-bond donors (Lipinski definition) is 1. The Hall–Kier alpha value is -3.12. The van der Waals surface area contributed by atoms with Crippen LogP contribution in [0.2, 0.25) is 0 Å². The highest BCUT2D eigenvalue weighted by Gasteiger charge is 2.14. The zero-order valence-corrected chi connectivity index (χ0v) is 13.5. The smallest absolute Gasteiger partial charge is 0.251 e. The molecule has 126 valence electrons. The first-order valence-electron chi connectivity index (χ1n) is 7.98. The van der Waals surface area contributed by atoms with Gasteiger partial charge in [0.15, 0.2) is 6.79 Å². The molecule has 1 amide bonds. The predicted molar refractivity (Wildman–Crippen MR) is 91.5 cm³/mol. The number of imidazole rings is 1. The first kappa shape index (κ1) is 15.4. The van der Waals surface area contributed by atoms with Crippen LogP contribution in [0.4, 0.5) is 0 Å². The van der Waals surface area contributed by atoms with Crippen molar-refractivity contribution in [2.24, 2.45) is 0 Å². The van der Waals surface area contributed by atoms with Crippen molar-refractivity contribution in [2.75, 3.05) is 6.79 Å². The van der Waals surface area contributed by atoms with E-state index in [-0.39, 0.29) is 12.7 Å². The van der Waals surface area contributed by atoms with Gasteiger partial charge >= 0.3 is 0 Å². The van der Waals surface area contributed by atoms with Gasteiger partial charge in [0.05, 0.1) is 12.9 Å². The lowest BCUT2D eigenvalue weighted by Crippen LogP contribution is -2.23. The van der Waals surface area contributed by atoms with Crippen molar-refractivity contribution >= 4 is 5.91 Å². The fourth-order valence-electron chi connectivity index (χ4n) is 2.75. The molecule has 0 fully saturated rings. The van der Waals surface area contributed by atoms with Crippen molar-refractivity contribution in [3.05, 3.63) is 77.9 Å². The Labute approximate surface area is 145 Å². The number of rotatable bonds is 4. The molecule has 0 bridgehead atoms. The maximum absolute atomic E-state index is 12.4. The lowest BCUT2D eigenvalue weighted by Gasteiger charge is -2.18. The number of ether oxygens (including phenoxy) is 2. The molecule has 6 heteroatoms. The molecule has 0 spiro atoms. The summed E-state index contributed by atoms with van der Waals surface area (Å²) in [5.74, 6) is 0.650. The minimum atomic E-state index is -0.124. The molecule has 25 heavy (non-hydrogen) atoms. The van der Waals surface area contributed by atoms with E-state index < -0.39 is 0 Å². The van der Waals surface area contributed by atoms with Crippen LogP contribution in [0.3, 0.4) is 0 Å². The Morgan fingerprint density at radius 2 is 2.20 bits per heavy atom. The summed E-state index contributed by atoms with van der Waals surface area (Å²) in [6.07, 6.45) is 5.36. The number of nitrogens with one attached hydrogen (secondary N) is 1. The molecule has 1 aliphatic rings. The van der Waals surface area contributed by atoms with Crippen LogP contribution in [0.25, 0.3) is 5.69 Å². The summed E-state index contributed by atoms with van der Waals surface area (Å²) in [6, 6.07) is 13.4. The van der Waals surface area contributed by atoms with Crippen LogP contribution in [-0.4, -0.2) is 22.3 Å². The topological polar surface area (TPSA) is 65.4 Å². The highest BCUT2D eigenvalue weighted by Crippen LogP contribution is 2.24. The van der Waals surface area contributed by atoms with E-state index in [4.69, 9.17) is 9.47 Å². The van der Waals surface area contributed by atoms with Crippen LogP contribution in [0.5, 0.6) is 5.75 Å². The second-order valence-electron chi connectivity index (χ2n) is 5.76. The SMILES string of the molecule is O=C(NCc1cccc(-n2ccnc2)c1)c1ccc2c(c1)COCO2. The minimum Gasteiger partial charge on any atom is -0.467 e. The second kappa shape index (κ2) is 6.78. The molecular weight excluding hydrogens is 318 g/mol. The Balaban J connectivity index is 1.44. The molecule has 0 atom stereocenters. The Bertz CT molecular complexity index is 891. The zero-order valence-electron chi connectivity index (χ0n) is 13.5. The fourth-order valence-corrected chi connectivity index (χ4v) is 2.75. The van der Waals surface area contributed by atoms with Crippen molar-refractivity contribution in [2.45, 2.75) is 13.2 Å². The van der Waals surface area contributed by atoms with Crippen LogP contribution >= 0.6 is 0 Å². The summed E-state index contributed by atoms with van der Waals surface area (Å²) < 4.78 is 12.5. The van der Waals surface area contributed by atoms with Gasteiger partial charge in [-0.3, -0.25) is 4.79 Å². The van der Waals surface area contributed by atoms with Gasteiger partial charge in [-0.1, -0.05) is 12.1 Å². The zero-order chi connectivity index (χ0) is 17.1. The molecule has 1 aliphatic heterocycles. The minimum absolute atomic E-state index is 0.124. The number of fused-ring (bicyclic) bond motifs is 1. The van der Waals surface area contributed by atoms with E-state index in [2.05, 4.69) is 10.3 Å². The molecule has 0 saturated heterocycles. The molecule has 3 aromatic rings. The fraction of sp³-hybridized carbons (Fsp3) is 0.158. The lowest BCUT2D eigenvalue weighted by atomic mass is 10.1. The Kier molecular flexibility index (Phi) is 4.18. The van der Waals surface area contributed by atoms with E-state index in [1.807, 2.05) is 47.2 Å². The van der Waals surface area contributed by atoms with Gasteiger partial charge in [0.1, 0.15) is 5.75 Å². The third-order valence-electron chi connectivity index (χ3n) is 4.04. The number of benzene rings is 2. The van der Waals surface area contributed by atoms with Gasteiger partial charge in [-0.05, 0) is 35.9 Å². The van der Waals surface area contributed by atoms with E-state index in [9.17, 15) is 4.79 Å². The molecule has 1 N–H and O–H groups in total. The van der Waals surface area contributed by atoms with E-state index in [1.165, 1.54) is 0 Å². The van der Waals surface area contributed by atoms with Crippen molar-refractivity contribution in [1.29, 1.82) is 0 Å². The molecule has 2 heterocycles. The number of amides is 1. The van der Waals surface area contributed by atoms with Gasteiger partial charge < -0.3 is 19.4 Å². The number of nitrogens with zero attached hydrogens (tertiary/aromatic N) is 2. The normalized spacial score (nSPS) is 13.0. The maximum atomic E-state index is 12.4. The monoisotopic (exact) mass is 335 g/mol. The highest BCUT2D eigenvalue weighted by molar-refractivity contribution is 5.94. The van der Waals surface area contributed by atoms with E-state index in [1.54, 1.807) is 18.6 Å². The summed E-state index contributed by atoms with van der Waals surface area (Å²) in [5, 5.41) is 2.95. The summed E-state index contributed by atoms with van der Waals surface area (Å²) in [5.41, 5.74) is 3.51. The van der Waals surface area contributed by atoms with Gasteiger partial charge in [-0.25, -0.2) is 4.98 Å². The molecule has 6 nitrogen and oxygen atoms in total. The molecule has 1 aromatic heterocycles. The van der Waals surface area contributed by atoms with Gasteiger partial charge in [-0.15, -0.1) is 0 Å². The van der Waals surface area contributed by atoms with Crippen LogP contribution in [0.1, 0.15) is 21.5 Å². The van der Waals surface area contributed by atoms with Gasteiger partial charge in [0.25, 0.3) is 5.91 Å². The Morgan fingerprint density at radius 1 is 1.24 bits per heavy atom. The van der Waals surface area contributed by atoms with Crippen LogP contribution < -0.4 is 10.1 Å². The van der Waals surface area contributed by atoms with E-state index in [0.29, 0.717) is 18.7 Å². The quantitative estimate of drug-likeness (QED) is 0.796. The van der Waals surface area contributed by atoms with Gasteiger partial charge in [-0.2, -0.15) is 0 Å². The van der Waals surface area contributed by atoms with Crippen LogP contribution in [0, 0.1) is 0 Å². The molecule has 0 aliphatic carbocycles. The maximum Gasteiger partial charge on any atom is 0.251 e. The van der Waals surface area contributed by atoms with Crippen LogP contribution in [0.15, 0.2) is 61.2 Å². The molecule has 0 radical (unpaired) electrons. The first-order valence-corrected chi connectivity index (χ1v) is 7.98. The Morgan fingerprint density at radius 3 is 3.08 bits per heavy atom. The average molecular weight is 335 g/mol. The molecule has 4 rings (SSSR count). The summed E-state index contributed by atoms with van der Waals surface area (Å²) in [7, 11) is 0. The number of carbonyl (C=O) groups excluding carboxylic acids is 1. The first-order chi connectivity index (χ1) is 12.3. The van der Waals surface area contributed by atoms with Crippen molar-refractivity contribution in [3.63, 3.8) is 0 Å². The third-order valence-corrected chi connectivity index (χ3v) is 4.04. The second-order valence-corrected chi connectivity index (χ2v) is 5.76. The number of carbonyl (C=O) groups is 1. The standard InChI is InChI=1S/C19H17N3O3/c23-19(15-4-5-18-16(9-15)11-24-13-25-18)21-10-14-2-1-3-17(8-14)22-7-6-20-12-22/h1-9,12H,10-11,13H2,(H,21,23). The van der Waals surface area contributed by atoms with Gasteiger partial charge in [0, 0.05) is 35.8 Å². The van der Waals surface area contributed by atoms with E-state index in [0.717, 1.165) is 22.6 Å². The average Bonchev–Trinajstić information content (AvgIpc) is 3.21.